The standard InChI is InChI=1S/C16H12N4OS/c1-17-12-8-6-11(7-9-12)15-19-20(2)16(22-15)18-13-4-3-5-14(21)10-13/h3-10,21H,2H3. The molecule has 0 radical (unpaired) electrons. The molecule has 2 aromatic carbocycles. The second-order valence-electron chi connectivity index (χ2n) is 4.60. The predicted molar refractivity (Wildman–Crippen MR) is 86.1 cm³/mol. The second kappa shape index (κ2) is 5.84. The third-order valence-electron chi connectivity index (χ3n) is 3.00. The number of aromatic hydroxyl groups is 1. The predicted octanol–water partition coefficient (Wildman–Crippen LogP) is 3.64. The molecule has 3 rings (SSSR count). The molecule has 6 heteroatoms. The zero-order valence-corrected chi connectivity index (χ0v) is 12.6. The summed E-state index contributed by atoms with van der Waals surface area (Å²) in [7, 11) is 1.83. The molecular weight excluding hydrogens is 296 g/mol. The van der Waals surface area contributed by atoms with E-state index >= 15 is 0 Å². The number of aromatic nitrogens is 2. The fourth-order valence-electron chi connectivity index (χ4n) is 1.92. The van der Waals surface area contributed by atoms with E-state index in [-0.39, 0.29) is 5.75 Å². The van der Waals surface area contributed by atoms with Gasteiger partial charge in [-0.2, -0.15) is 5.10 Å². The number of phenols is 1. The lowest BCUT2D eigenvalue weighted by molar-refractivity contribution is 0.475. The van der Waals surface area contributed by atoms with Gasteiger partial charge in [-0.15, -0.1) is 0 Å². The van der Waals surface area contributed by atoms with Crippen molar-refractivity contribution in [2.75, 3.05) is 0 Å². The van der Waals surface area contributed by atoms with Crippen molar-refractivity contribution in [3.63, 3.8) is 0 Å². The highest BCUT2D eigenvalue weighted by Crippen LogP contribution is 2.23. The number of nitrogens with zero attached hydrogens (tertiary/aromatic N) is 4. The molecule has 22 heavy (non-hydrogen) atoms. The van der Waals surface area contributed by atoms with E-state index in [2.05, 4.69) is 14.9 Å². The first kappa shape index (κ1) is 14.0. The van der Waals surface area contributed by atoms with Gasteiger partial charge in [-0.1, -0.05) is 41.7 Å². The summed E-state index contributed by atoms with van der Waals surface area (Å²) in [6.07, 6.45) is 0. The number of aryl methyl sites for hydroxylation is 1. The number of rotatable bonds is 2. The van der Waals surface area contributed by atoms with Crippen molar-refractivity contribution in [3.8, 4) is 16.3 Å². The molecule has 0 bridgehead atoms. The second-order valence-corrected chi connectivity index (χ2v) is 5.56. The Balaban J connectivity index is 2.02. The van der Waals surface area contributed by atoms with E-state index in [1.54, 1.807) is 35.0 Å². The van der Waals surface area contributed by atoms with Gasteiger partial charge in [0.1, 0.15) is 10.8 Å². The lowest BCUT2D eigenvalue weighted by atomic mass is 10.2. The zero-order valence-electron chi connectivity index (χ0n) is 11.8. The smallest absolute Gasteiger partial charge is 0.208 e. The molecule has 0 unspecified atom stereocenters. The fraction of sp³-hybridized carbons (Fsp3) is 0.0625. The third kappa shape index (κ3) is 2.90. The maximum Gasteiger partial charge on any atom is 0.208 e. The molecule has 0 fully saturated rings. The van der Waals surface area contributed by atoms with Gasteiger partial charge < -0.3 is 5.11 Å². The molecule has 0 saturated carbocycles. The van der Waals surface area contributed by atoms with Gasteiger partial charge in [0.15, 0.2) is 5.69 Å². The molecule has 1 aromatic heterocycles. The van der Waals surface area contributed by atoms with Crippen LogP contribution < -0.4 is 4.80 Å². The van der Waals surface area contributed by atoms with Gasteiger partial charge in [-0.25, -0.2) is 14.5 Å². The van der Waals surface area contributed by atoms with Crippen LogP contribution in [0.1, 0.15) is 0 Å². The van der Waals surface area contributed by atoms with Crippen LogP contribution in [0.2, 0.25) is 0 Å². The maximum absolute atomic E-state index is 9.49. The Kier molecular flexibility index (Phi) is 3.73. The Morgan fingerprint density at radius 2 is 2.00 bits per heavy atom. The number of benzene rings is 2. The minimum Gasteiger partial charge on any atom is -0.508 e. The molecule has 0 aliphatic heterocycles. The quantitative estimate of drug-likeness (QED) is 0.735. The van der Waals surface area contributed by atoms with Crippen LogP contribution in [0.3, 0.4) is 0 Å². The van der Waals surface area contributed by atoms with E-state index in [1.165, 1.54) is 11.3 Å². The molecule has 0 amide bonds. The fourth-order valence-corrected chi connectivity index (χ4v) is 2.83. The molecule has 0 spiro atoms. The van der Waals surface area contributed by atoms with Crippen LogP contribution in [0, 0.1) is 6.57 Å². The Morgan fingerprint density at radius 1 is 1.23 bits per heavy atom. The highest BCUT2D eigenvalue weighted by molar-refractivity contribution is 7.12. The summed E-state index contributed by atoms with van der Waals surface area (Å²) in [6.45, 7) is 6.97. The summed E-state index contributed by atoms with van der Waals surface area (Å²) in [5, 5.41) is 14.8. The van der Waals surface area contributed by atoms with Gasteiger partial charge in [0.05, 0.1) is 12.3 Å². The summed E-state index contributed by atoms with van der Waals surface area (Å²) >= 11 is 1.45. The molecule has 0 aliphatic carbocycles. The van der Waals surface area contributed by atoms with Crippen LogP contribution in [0.25, 0.3) is 15.4 Å². The van der Waals surface area contributed by atoms with Crippen LogP contribution in [0.5, 0.6) is 5.75 Å². The number of phenolic OH excluding ortho intramolecular Hbond substituents is 1. The largest absolute Gasteiger partial charge is 0.508 e. The molecule has 0 atom stereocenters. The average molecular weight is 308 g/mol. The highest BCUT2D eigenvalue weighted by atomic mass is 32.1. The van der Waals surface area contributed by atoms with E-state index in [0.29, 0.717) is 11.4 Å². The maximum atomic E-state index is 9.49. The number of hydrogen-bond donors (Lipinski definition) is 1. The van der Waals surface area contributed by atoms with Crippen molar-refractivity contribution >= 4 is 22.7 Å². The van der Waals surface area contributed by atoms with E-state index in [4.69, 9.17) is 6.57 Å². The zero-order chi connectivity index (χ0) is 15.5. The lowest BCUT2D eigenvalue weighted by Crippen LogP contribution is -2.10. The molecule has 1 heterocycles. The molecule has 0 aliphatic rings. The van der Waals surface area contributed by atoms with Gasteiger partial charge >= 0.3 is 0 Å². The van der Waals surface area contributed by atoms with Crippen LogP contribution >= 0.6 is 11.3 Å². The van der Waals surface area contributed by atoms with Crippen molar-refractivity contribution in [1.29, 1.82) is 0 Å². The molecule has 3 aromatic rings. The third-order valence-corrected chi connectivity index (χ3v) is 4.05. The van der Waals surface area contributed by atoms with Crippen LogP contribution in [0.15, 0.2) is 53.5 Å². The van der Waals surface area contributed by atoms with Crippen molar-refractivity contribution in [2.45, 2.75) is 0 Å². The number of hydrogen-bond acceptors (Lipinski definition) is 4. The van der Waals surface area contributed by atoms with Gasteiger partial charge in [0.25, 0.3) is 0 Å². The molecule has 0 saturated heterocycles. The van der Waals surface area contributed by atoms with Gasteiger partial charge in [-0.05, 0) is 12.1 Å². The van der Waals surface area contributed by atoms with E-state index < -0.39 is 0 Å². The Bertz CT molecular complexity index is 916. The summed E-state index contributed by atoms with van der Waals surface area (Å²) in [5.41, 5.74) is 2.23. The van der Waals surface area contributed by atoms with Gasteiger partial charge in [0.2, 0.25) is 4.80 Å². The molecule has 1 N–H and O–H groups in total. The average Bonchev–Trinajstić information content (AvgIpc) is 2.88. The van der Waals surface area contributed by atoms with Crippen LogP contribution in [0.4, 0.5) is 11.4 Å². The Hall–Kier alpha value is -2.91. The van der Waals surface area contributed by atoms with Crippen molar-refractivity contribution in [1.82, 2.24) is 9.78 Å². The molecular formula is C16H12N4OS. The van der Waals surface area contributed by atoms with Crippen molar-refractivity contribution in [2.24, 2.45) is 12.0 Å². The van der Waals surface area contributed by atoms with E-state index in [9.17, 15) is 5.11 Å². The van der Waals surface area contributed by atoms with Crippen LogP contribution in [-0.4, -0.2) is 14.9 Å². The molecule has 108 valence electrons. The minimum absolute atomic E-state index is 0.184. The summed E-state index contributed by atoms with van der Waals surface area (Å²) in [5.74, 6) is 0.184. The van der Waals surface area contributed by atoms with Crippen molar-refractivity contribution < 1.29 is 5.11 Å². The summed E-state index contributed by atoms with van der Waals surface area (Å²) in [4.78, 5) is 8.60. The Morgan fingerprint density at radius 3 is 2.68 bits per heavy atom. The van der Waals surface area contributed by atoms with Crippen molar-refractivity contribution in [3.05, 3.63) is 64.7 Å². The first-order valence-corrected chi connectivity index (χ1v) is 7.33. The summed E-state index contributed by atoms with van der Waals surface area (Å²) in [6, 6.07) is 14.1. The van der Waals surface area contributed by atoms with E-state index in [1.807, 2.05) is 25.2 Å². The first-order valence-electron chi connectivity index (χ1n) is 6.51. The topological polar surface area (TPSA) is 54.8 Å². The monoisotopic (exact) mass is 308 g/mol. The first-order chi connectivity index (χ1) is 10.7. The lowest BCUT2D eigenvalue weighted by Gasteiger charge is -1.94. The SMILES string of the molecule is [C-]#[N+]c1ccc(-c2nn(C)c(=Nc3cccc(O)c3)s2)cc1. The summed E-state index contributed by atoms with van der Waals surface area (Å²) < 4.78 is 1.70. The van der Waals surface area contributed by atoms with Gasteiger partial charge in [-0.3, -0.25) is 0 Å². The Labute approximate surface area is 131 Å². The minimum atomic E-state index is 0.184. The van der Waals surface area contributed by atoms with Crippen LogP contribution in [-0.2, 0) is 7.05 Å². The molecule has 5 nitrogen and oxygen atoms in total. The normalized spacial score (nSPS) is 11.4. The highest BCUT2D eigenvalue weighted by Gasteiger charge is 2.05. The van der Waals surface area contributed by atoms with E-state index in [0.717, 1.165) is 15.4 Å². The van der Waals surface area contributed by atoms with Gasteiger partial charge in [0, 0.05) is 18.7 Å².